The lowest BCUT2D eigenvalue weighted by atomic mass is 10.1. The van der Waals surface area contributed by atoms with Gasteiger partial charge in [-0.3, -0.25) is 9.59 Å². The Morgan fingerprint density at radius 2 is 2.08 bits per heavy atom. The van der Waals surface area contributed by atoms with Crippen molar-refractivity contribution in [3.05, 3.63) is 57.0 Å². The molecule has 3 rings (SSSR count). The van der Waals surface area contributed by atoms with Crippen LogP contribution in [0.15, 0.2) is 40.9 Å². The van der Waals surface area contributed by atoms with Crippen molar-refractivity contribution in [1.82, 2.24) is 0 Å². The fourth-order valence-electron chi connectivity index (χ4n) is 2.95. The fraction of sp³-hybridized carbons (Fsp3) is 0.222. The molecule has 0 saturated heterocycles. The van der Waals surface area contributed by atoms with Crippen molar-refractivity contribution in [1.29, 1.82) is 0 Å². The van der Waals surface area contributed by atoms with Crippen molar-refractivity contribution in [3.63, 3.8) is 0 Å². The molecule has 2 aromatic rings. The van der Waals surface area contributed by atoms with E-state index in [9.17, 15) is 9.59 Å². The molecular formula is C18H16BrClN2O2. The molecule has 1 heterocycles. The summed E-state index contributed by atoms with van der Waals surface area (Å²) in [5, 5.41) is 3.53. The van der Waals surface area contributed by atoms with Crippen molar-refractivity contribution >= 4 is 50.7 Å². The number of anilines is 2. The Hall–Kier alpha value is -1.85. The number of halogens is 2. The first-order chi connectivity index (χ1) is 11.4. The summed E-state index contributed by atoms with van der Waals surface area (Å²) in [4.78, 5) is 26.0. The van der Waals surface area contributed by atoms with E-state index in [1.54, 1.807) is 17.0 Å². The first-order valence-electron chi connectivity index (χ1n) is 7.59. The summed E-state index contributed by atoms with van der Waals surface area (Å²) in [6.07, 6.45) is 1.01. The van der Waals surface area contributed by atoms with Crippen LogP contribution in [0.25, 0.3) is 0 Å². The highest BCUT2D eigenvalue weighted by Gasteiger charge is 2.26. The van der Waals surface area contributed by atoms with E-state index in [1.165, 1.54) is 6.92 Å². The minimum atomic E-state index is -0.145. The summed E-state index contributed by atoms with van der Waals surface area (Å²) >= 11 is 9.42. The zero-order valence-electron chi connectivity index (χ0n) is 13.1. The van der Waals surface area contributed by atoms with Gasteiger partial charge in [-0.2, -0.15) is 0 Å². The first-order valence-corrected chi connectivity index (χ1v) is 8.76. The van der Waals surface area contributed by atoms with Gasteiger partial charge < -0.3 is 10.2 Å². The Balaban J connectivity index is 1.85. The second-order valence-corrected chi connectivity index (χ2v) is 7.09. The summed E-state index contributed by atoms with van der Waals surface area (Å²) in [5.41, 5.74) is 3.34. The maximum absolute atomic E-state index is 12.4. The Morgan fingerprint density at radius 3 is 2.79 bits per heavy atom. The maximum Gasteiger partial charge on any atom is 0.228 e. The van der Waals surface area contributed by atoms with Crippen LogP contribution in [0.1, 0.15) is 18.1 Å². The fourth-order valence-corrected chi connectivity index (χ4v) is 3.66. The summed E-state index contributed by atoms with van der Waals surface area (Å²) in [7, 11) is 0. The molecule has 6 heteroatoms. The van der Waals surface area contributed by atoms with Crippen LogP contribution in [0.4, 0.5) is 11.4 Å². The van der Waals surface area contributed by atoms with Gasteiger partial charge in [-0.15, -0.1) is 0 Å². The standard InChI is InChI=1S/C18H16BrClN2O2/c1-11(23)22-6-5-13-9-14(19)10-16(18(13)22)21-17(24)8-12-3-2-4-15(20)7-12/h2-4,7,9-10H,5-6,8H2,1H3,(H,21,24). The highest BCUT2D eigenvalue weighted by Crippen LogP contribution is 2.38. The molecule has 0 fully saturated rings. The van der Waals surface area contributed by atoms with Crippen LogP contribution in [0.2, 0.25) is 5.02 Å². The second-order valence-electron chi connectivity index (χ2n) is 5.74. The van der Waals surface area contributed by atoms with Gasteiger partial charge in [-0.25, -0.2) is 0 Å². The molecular weight excluding hydrogens is 392 g/mol. The summed E-state index contributed by atoms with van der Waals surface area (Å²) in [5.74, 6) is -0.172. The predicted molar refractivity (Wildman–Crippen MR) is 99.7 cm³/mol. The van der Waals surface area contributed by atoms with Gasteiger partial charge in [0, 0.05) is 23.0 Å². The molecule has 0 spiro atoms. The van der Waals surface area contributed by atoms with Crippen LogP contribution in [0.3, 0.4) is 0 Å². The number of benzene rings is 2. The Bertz CT molecular complexity index is 823. The summed E-state index contributed by atoms with van der Waals surface area (Å²) in [6.45, 7) is 2.17. The maximum atomic E-state index is 12.4. The van der Waals surface area contributed by atoms with Crippen LogP contribution >= 0.6 is 27.5 Å². The molecule has 2 aromatic carbocycles. The van der Waals surface area contributed by atoms with E-state index in [1.807, 2.05) is 24.3 Å². The van der Waals surface area contributed by atoms with E-state index in [-0.39, 0.29) is 18.2 Å². The third kappa shape index (κ3) is 3.62. The SMILES string of the molecule is CC(=O)N1CCc2cc(Br)cc(NC(=O)Cc3cccc(Cl)c3)c21. The van der Waals surface area contributed by atoms with Crippen LogP contribution < -0.4 is 10.2 Å². The molecule has 1 aliphatic rings. The lowest BCUT2D eigenvalue weighted by Gasteiger charge is -2.19. The zero-order valence-corrected chi connectivity index (χ0v) is 15.4. The molecule has 24 heavy (non-hydrogen) atoms. The highest BCUT2D eigenvalue weighted by molar-refractivity contribution is 9.10. The van der Waals surface area contributed by atoms with Gasteiger partial charge in [-0.1, -0.05) is 39.7 Å². The van der Waals surface area contributed by atoms with Crippen molar-refractivity contribution in [2.45, 2.75) is 19.8 Å². The number of carbonyl (C=O) groups is 2. The Labute approximate surface area is 153 Å². The van der Waals surface area contributed by atoms with Crippen molar-refractivity contribution in [2.75, 3.05) is 16.8 Å². The third-order valence-electron chi connectivity index (χ3n) is 3.94. The normalized spacial score (nSPS) is 12.9. The Kier molecular flexibility index (Phi) is 4.92. The number of nitrogens with one attached hydrogen (secondary N) is 1. The topological polar surface area (TPSA) is 49.4 Å². The second kappa shape index (κ2) is 6.95. The van der Waals surface area contributed by atoms with Crippen molar-refractivity contribution < 1.29 is 9.59 Å². The average Bonchev–Trinajstić information content (AvgIpc) is 2.91. The van der Waals surface area contributed by atoms with Gasteiger partial charge in [0.2, 0.25) is 11.8 Å². The van der Waals surface area contributed by atoms with Crippen LogP contribution in [-0.2, 0) is 22.4 Å². The van der Waals surface area contributed by atoms with E-state index < -0.39 is 0 Å². The monoisotopic (exact) mass is 406 g/mol. The lowest BCUT2D eigenvalue weighted by molar-refractivity contribution is -0.117. The lowest BCUT2D eigenvalue weighted by Crippen LogP contribution is -2.27. The Morgan fingerprint density at radius 1 is 1.29 bits per heavy atom. The third-order valence-corrected chi connectivity index (χ3v) is 4.63. The predicted octanol–water partition coefficient (Wildman–Crippen LogP) is 4.19. The summed E-state index contributed by atoms with van der Waals surface area (Å²) < 4.78 is 0.879. The molecule has 1 aliphatic heterocycles. The zero-order chi connectivity index (χ0) is 17.3. The van der Waals surface area contributed by atoms with Crippen molar-refractivity contribution in [2.24, 2.45) is 0 Å². The van der Waals surface area contributed by atoms with E-state index in [2.05, 4.69) is 21.2 Å². The van der Waals surface area contributed by atoms with Gasteiger partial charge in [0.1, 0.15) is 0 Å². The smallest absolute Gasteiger partial charge is 0.228 e. The largest absolute Gasteiger partial charge is 0.324 e. The van der Waals surface area contributed by atoms with Crippen LogP contribution in [0.5, 0.6) is 0 Å². The number of hydrogen-bond acceptors (Lipinski definition) is 2. The molecule has 4 nitrogen and oxygen atoms in total. The van der Waals surface area contributed by atoms with Gasteiger partial charge in [0.05, 0.1) is 17.8 Å². The van der Waals surface area contributed by atoms with E-state index in [0.717, 1.165) is 27.7 Å². The van der Waals surface area contributed by atoms with Gasteiger partial charge in [-0.05, 0) is 41.8 Å². The number of rotatable bonds is 3. The number of fused-ring (bicyclic) bond motifs is 1. The molecule has 0 saturated carbocycles. The molecule has 0 aromatic heterocycles. The molecule has 0 aliphatic carbocycles. The number of amides is 2. The number of hydrogen-bond donors (Lipinski definition) is 1. The summed E-state index contributed by atoms with van der Waals surface area (Å²) in [6, 6.07) is 11.0. The molecule has 0 bridgehead atoms. The minimum absolute atomic E-state index is 0.0265. The van der Waals surface area contributed by atoms with E-state index in [4.69, 9.17) is 11.6 Å². The number of carbonyl (C=O) groups excluding carboxylic acids is 2. The van der Waals surface area contributed by atoms with Gasteiger partial charge in [0.15, 0.2) is 0 Å². The van der Waals surface area contributed by atoms with E-state index in [0.29, 0.717) is 17.3 Å². The van der Waals surface area contributed by atoms with Gasteiger partial charge >= 0.3 is 0 Å². The van der Waals surface area contributed by atoms with Crippen molar-refractivity contribution in [3.8, 4) is 0 Å². The molecule has 0 atom stereocenters. The quantitative estimate of drug-likeness (QED) is 0.829. The minimum Gasteiger partial charge on any atom is -0.324 e. The molecule has 2 amide bonds. The average molecular weight is 408 g/mol. The molecule has 0 radical (unpaired) electrons. The number of nitrogens with zero attached hydrogens (tertiary/aromatic N) is 1. The van der Waals surface area contributed by atoms with Crippen LogP contribution in [-0.4, -0.2) is 18.4 Å². The van der Waals surface area contributed by atoms with Crippen LogP contribution in [0, 0.1) is 0 Å². The molecule has 0 unspecified atom stereocenters. The van der Waals surface area contributed by atoms with Gasteiger partial charge in [0.25, 0.3) is 0 Å². The molecule has 124 valence electrons. The van der Waals surface area contributed by atoms with E-state index >= 15 is 0 Å². The highest BCUT2D eigenvalue weighted by atomic mass is 79.9. The molecule has 1 N–H and O–H groups in total. The first kappa shape index (κ1) is 17.0.